The van der Waals surface area contributed by atoms with Gasteiger partial charge in [0.1, 0.15) is 5.60 Å². The molecule has 1 fully saturated rings. The monoisotopic (exact) mass is 319 g/mol. The molecule has 1 aromatic carbocycles. The van der Waals surface area contributed by atoms with Crippen LogP contribution in [0.15, 0.2) is 30.3 Å². The molecule has 0 aliphatic carbocycles. The van der Waals surface area contributed by atoms with E-state index in [-0.39, 0.29) is 23.9 Å². The van der Waals surface area contributed by atoms with Gasteiger partial charge in [0.15, 0.2) is 0 Å². The van der Waals surface area contributed by atoms with Gasteiger partial charge in [-0.05, 0) is 32.8 Å². The summed E-state index contributed by atoms with van der Waals surface area (Å²) in [4.78, 5) is 26.1. The Kier molecular flexibility index (Phi) is 5.29. The van der Waals surface area contributed by atoms with Crippen LogP contribution in [0.1, 0.15) is 38.7 Å². The highest BCUT2D eigenvalue weighted by Crippen LogP contribution is 2.34. The third-order valence-corrected chi connectivity index (χ3v) is 4.00. The maximum absolute atomic E-state index is 12.3. The molecule has 0 saturated carbocycles. The molecule has 0 spiro atoms. The normalized spacial score (nSPS) is 21.7. The predicted molar refractivity (Wildman–Crippen MR) is 87.1 cm³/mol. The first-order valence-corrected chi connectivity index (χ1v) is 7.92. The van der Waals surface area contributed by atoms with E-state index in [1.165, 1.54) is 7.11 Å². The number of ether oxygens (including phenoxy) is 2. The van der Waals surface area contributed by atoms with Gasteiger partial charge < -0.3 is 14.4 Å². The lowest BCUT2D eigenvalue weighted by Gasteiger charge is -2.37. The van der Waals surface area contributed by atoms with E-state index in [0.717, 1.165) is 5.56 Å². The summed E-state index contributed by atoms with van der Waals surface area (Å²) in [5.74, 6) is -0.599. The van der Waals surface area contributed by atoms with Crippen molar-refractivity contribution >= 4 is 12.1 Å². The SMILES string of the molecule is COC(=O)C1CN(C(=O)OC(C)(C)C)CCC1c1ccccc1. The molecule has 0 bridgehead atoms. The van der Waals surface area contributed by atoms with Crippen LogP contribution < -0.4 is 0 Å². The maximum atomic E-state index is 12.3. The Morgan fingerprint density at radius 3 is 2.39 bits per heavy atom. The summed E-state index contributed by atoms with van der Waals surface area (Å²) >= 11 is 0. The van der Waals surface area contributed by atoms with Gasteiger partial charge in [-0.3, -0.25) is 4.79 Å². The minimum Gasteiger partial charge on any atom is -0.469 e. The molecular formula is C18H25NO4. The second kappa shape index (κ2) is 7.02. The number of benzene rings is 1. The third-order valence-electron chi connectivity index (χ3n) is 4.00. The number of amides is 1. The number of carbonyl (C=O) groups excluding carboxylic acids is 2. The van der Waals surface area contributed by atoms with E-state index in [4.69, 9.17) is 9.47 Å². The smallest absolute Gasteiger partial charge is 0.410 e. The first-order chi connectivity index (χ1) is 10.8. The average molecular weight is 319 g/mol. The summed E-state index contributed by atoms with van der Waals surface area (Å²) in [6, 6.07) is 9.91. The minimum absolute atomic E-state index is 0.0577. The van der Waals surface area contributed by atoms with Crippen LogP contribution in [-0.2, 0) is 14.3 Å². The first kappa shape index (κ1) is 17.3. The molecule has 5 nitrogen and oxygen atoms in total. The van der Waals surface area contributed by atoms with Crippen LogP contribution in [0.5, 0.6) is 0 Å². The second-order valence-corrected chi connectivity index (χ2v) is 6.86. The summed E-state index contributed by atoms with van der Waals surface area (Å²) in [5, 5.41) is 0. The van der Waals surface area contributed by atoms with Gasteiger partial charge in [-0.1, -0.05) is 30.3 Å². The highest BCUT2D eigenvalue weighted by atomic mass is 16.6. The number of hydrogen-bond donors (Lipinski definition) is 0. The van der Waals surface area contributed by atoms with E-state index in [1.54, 1.807) is 4.90 Å². The van der Waals surface area contributed by atoms with Gasteiger partial charge in [0.25, 0.3) is 0 Å². The molecule has 2 rings (SSSR count). The number of piperidine rings is 1. The van der Waals surface area contributed by atoms with E-state index >= 15 is 0 Å². The highest BCUT2D eigenvalue weighted by molar-refractivity contribution is 5.76. The second-order valence-electron chi connectivity index (χ2n) is 6.86. The van der Waals surface area contributed by atoms with Gasteiger partial charge >= 0.3 is 12.1 Å². The molecule has 2 atom stereocenters. The molecule has 0 aromatic heterocycles. The van der Waals surface area contributed by atoms with Crippen molar-refractivity contribution in [3.8, 4) is 0 Å². The molecule has 2 unspecified atom stereocenters. The van der Waals surface area contributed by atoms with Crippen molar-refractivity contribution in [3.05, 3.63) is 35.9 Å². The van der Waals surface area contributed by atoms with Crippen molar-refractivity contribution in [1.82, 2.24) is 4.90 Å². The summed E-state index contributed by atoms with van der Waals surface area (Å²) < 4.78 is 10.4. The minimum atomic E-state index is -0.547. The van der Waals surface area contributed by atoms with Crippen molar-refractivity contribution in [1.29, 1.82) is 0 Å². The maximum Gasteiger partial charge on any atom is 0.410 e. The van der Waals surface area contributed by atoms with Crippen LogP contribution in [0, 0.1) is 5.92 Å². The van der Waals surface area contributed by atoms with Crippen molar-refractivity contribution in [2.75, 3.05) is 20.2 Å². The van der Waals surface area contributed by atoms with Gasteiger partial charge in [0.2, 0.25) is 0 Å². The van der Waals surface area contributed by atoms with E-state index in [1.807, 2.05) is 51.1 Å². The summed E-state index contributed by atoms with van der Waals surface area (Å²) in [7, 11) is 1.39. The lowest BCUT2D eigenvalue weighted by atomic mass is 9.80. The third kappa shape index (κ3) is 4.47. The van der Waals surface area contributed by atoms with E-state index in [0.29, 0.717) is 19.5 Å². The Hall–Kier alpha value is -2.04. The molecule has 23 heavy (non-hydrogen) atoms. The quantitative estimate of drug-likeness (QED) is 0.786. The van der Waals surface area contributed by atoms with Gasteiger partial charge in [-0.2, -0.15) is 0 Å². The van der Waals surface area contributed by atoms with E-state index in [2.05, 4.69) is 0 Å². The zero-order valence-electron chi connectivity index (χ0n) is 14.2. The Morgan fingerprint density at radius 1 is 1.17 bits per heavy atom. The molecule has 1 aliphatic heterocycles. The van der Waals surface area contributed by atoms with Crippen LogP contribution in [0.4, 0.5) is 4.79 Å². The molecule has 126 valence electrons. The van der Waals surface area contributed by atoms with Crippen LogP contribution in [0.2, 0.25) is 0 Å². The topological polar surface area (TPSA) is 55.8 Å². The number of methoxy groups -OCH3 is 1. The summed E-state index contributed by atoms with van der Waals surface area (Å²) in [6.45, 7) is 6.39. The Labute approximate surface area is 137 Å². The van der Waals surface area contributed by atoms with Crippen molar-refractivity contribution in [2.45, 2.75) is 38.7 Å². The lowest BCUT2D eigenvalue weighted by molar-refractivity contribution is -0.148. The van der Waals surface area contributed by atoms with E-state index < -0.39 is 5.60 Å². The fourth-order valence-electron chi connectivity index (χ4n) is 2.93. The molecule has 1 saturated heterocycles. The largest absolute Gasteiger partial charge is 0.469 e. The fourth-order valence-corrected chi connectivity index (χ4v) is 2.93. The standard InChI is InChI=1S/C18H25NO4/c1-18(2,3)23-17(21)19-11-10-14(13-8-6-5-7-9-13)15(12-19)16(20)22-4/h5-9,14-15H,10-12H2,1-4H3. The molecule has 0 N–H and O–H groups in total. The van der Waals surface area contributed by atoms with Gasteiger partial charge in [0.05, 0.1) is 13.0 Å². The summed E-state index contributed by atoms with van der Waals surface area (Å²) in [6.07, 6.45) is 0.334. The fraction of sp³-hybridized carbons (Fsp3) is 0.556. The van der Waals surface area contributed by atoms with Crippen LogP contribution in [0.25, 0.3) is 0 Å². The molecular weight excluding hydrogens is 294 g/mol. The van der Waals surface area contributed by atoms with Crippen molar-refractivity contribution < 1.29 is 19.1 Å². The Bertz CT molecular complexity index is 550. The zero-order valence-corrected chi connectivity index (χ0v) is 14.2. The number of likely N-dealkylation sites (tertiary alicyclic amines) is 1. The van der Waals surface area contributed by atoms with Gasteiger partial charge in [0, 0.05) is 19.0 Å². The van der Waals surface area contributed by atoms with Crippen LogP contribution >= 0.6 is 0 Å². The molecule has 1 aromatic rings. The van der Waals surface area contributed by atoms with Gasteiger partial charge in [-0.15, -0.1) is 0 Å². The lowest BCUT2D eigenvalue weighted by Crippen LogP contribution is -2.47. The molecule has 1 heterocycles. The molecule has 5 heteroatoms. The predicted octanol–water partition coefficient (Wildman–Crippen LogP) is 3.20. The molecule has 0 radical (unpaired) electrons. The number of esters is 1. The zero-order chi connectivity index (χ0) is 17.0. The first-order valence-electron chi connectivity index (χ1n) is 7.92. The average Bonchev–Trinajstić information content (AvgIpc) is 2.52. The number of carbonyl (C=O) groups is 2. The Balaban J connectivity index is 2.15. The Morgan fingerprint density at radius 2 is 1.83 bits per heavy atom. The van der Waals surface area contributed by atoms with Crippen LogP contribution in [-0.4, -0.2) is 42.8 Å². The molecule has 1 aliphatic rings. The number of rotatable bonds is 2. The number of hydrogen-bond acceptors (Lipinski definition) is 4. The molecule has 1 amide bonds. The highest BCUT2D eigenvalue weighted by Gasteiger charge is 2.38. The van der Waals surface area contributed by atoms with Gasteiger partial charge in [-0.25, -0.2) is 4.79 Å². The summed E-state index contributed by atoms with van der Waals surface area (Å²) in [5.41, 5.74) is 0.556. The van der Waals surface area contributed by atoms with Crippen LogP contribution in [0.3, 0.4) is 0 Å². The van der Waals surface area contributed by atoms with E-state index in [9.17, 15) is 9.59 Å². The van der Waals surface area contributed by atoms with Crippen molar-refractivity contribution in [3.63, 3.8) is 0 Å². The van der Waals surface area contributed by atoms with Crippen molar-refractivity contribution in [2.24, 2.45) is 5.92 Å². The number of nitrogens with zero attached hydrogens (tertiary/aromatic N) is 1.